The Labute approximate surface area is 194 Å². The van der Waals surface area contributed by atoms with Crippen LogP contribution in [0.25, 0.3) is 10.9 Å². The lowest BCUT2D eigenvalue weighted by Gasteiger charge is -2.34. The molecule has 0 spiro atoms. The average molecular weight is 464 g/mol. The number of aliphatic carboxylic acids is 1. The molecule has 2 heterocycles. The number of para-hydroxylation sites is 1. The molecule has 0 bridgehead atoms. The molecule has 1 aliphatic heterocycles. The summed E-state index contributed by atoms with van der Waals surface area (Å²) in [5.41, 5.74) is 3.42. The molecule has 1 aliphatic rings. The Hall–Kier alpha value is -3.58. The molecular weight excluding hydrogens is 441 g/mol. The minimum atomic E-state index is -4.45. The molecule has 174 valence electrons. The first-order chi connectivity index (χ1) is 16.3. The molecule has 5 rings (SSSR count). The number of rotatable bonds is 5. The number of carboxylic acids is 1. The van der Waals surface area contributed by atoms with Crippen molar-refractivity contribution in [2.24, 2.45) is 0 Å². The molecule has 0 saturated heterocycles. The molecule has 1 atom stereocenters. The lowest BCUT2D eigenvalue weighted by atomic mass is 9.96. The first kappa shape index (κ1) is 22.2. The second kappa shape index (κ2) is 8.65. The lowest BCUT2D eigenvalue weighted by molar-refractivity contribution is -0.144. The van der Waals surface area contributed by atoms with E-state index in [4.69, 9.17) is 0 Å². The van der Waals surface area contributed by atoms with Gasteiger partial charge < -0.3 is 9.67 Å². The normalized spacial score (nSPS) is 16.5. The van der Waals surface area contributed by atoms with E-state index in [0.29, 0.717) is 30.8 Å². The summed E-state index contributed by atoms with van der Waals surface area (Å²) in [6.07, 6.45) is -3.82. The third-order valence-electron chi connectivity index (χ3n) is 6.45. The summed E-state index contributed by atoms with van der Waals surface area (Å²) in [5, 5.41) is 11.3. The Morgan fingerprint density at radius 1 is 0.912 bits per heavy atom. The monoisotopic (exact) mass is 464 g/mol. The minimum absolute atomic E-state index is 0.118. The van der Waals surface area contributed by atoms with Gasteiger partial charge in [0.15, 0.2) is 0 Å². The van der Waals surface area contributed by atoms with Gasteiger partial charge in [-0.2, -0.15) is 13.2 Å². The van der Waals surface area contributed by atoms with E-state index >= 15 is 0 Å². The Balaban J connectivity index is 1.59. The number of halogens is 3. The van der Waals surface area contributed by atoms with Gasteiger partial charge in [-0.15, -0.1) is 0 Å². The summed E-state index contributed by atoms with van der Waals surface area (Å²) < 4.78 is 41.7. The van der Waals surface area contributed by atoms with Gasteiger partial charge in [-0.05, 0) is 35.2 Å². The van der Waals surface area contributed by atoms with Gasteiger partial charge in [-0.3, -0.25) is 9.69 Å². The molecule has 3 aromatic carbocycles. The number of carbonyl (C=O) groups is 1. The largest absolute Gasteiger partial charge is 0.480 e. The zero-order chi connectivity index (χ0) is 23.9. The predicted octanol–water partition coefficient (Wildman–Crippen LogP) is 5.89. The van der Waals surface area contributed by atoms with Crippen LogP contribution in [0, 0.1) is 0 Å². The van der Waals surface area contributed by atoms with Gasteiger partial charge in [0.05, 0.1) is 11.3 Å². The van der Waals surface area contributed by atoms with Crippen molar-refractivity contribution in [2.45, 2.75) is 31.7 Å². The second-order valence-electron chi connectivity index (χ2n) is 8.61. The Bertz CT molecular complexity index is 1350. The molecule has 7 heteroatoms. The molecular formula is C27H23F3N2O2. The zero-order valence-electron chi connectivity index (χ0n) is 18.3. The van der Waals surface area contributed by atoms with Crippen LogP contribution in [0.5, 0.6) is 0 Å². The summed E-state index contributed by atoms with van der Waals surface area (Å²) >= 11 is 0. The summed E-state index contributed by atoms with van der Waals surface area (Å²) in [5.74, 6) is -1.01. The van der Waals surface area contributed by atoms with Crippen LogP contribution in [-0.2, 0) is 30.5 Å². The van der Waals surface area contributed by atoms with E-state index in [9.17, 15) is 23.1 Å². The molecule has 34 heavy (non-hydrogen) atoms. The maximum absolute atomic E-state index is 13.2. The minimum Gasteiger partial charge on any atom is -0.480 e. The molecule has 0 radical (unpaired) electrons. The SMILES string of the molecule is O=C(O)C1c2c(c3ccccc3n2Cc2ccccc2)CCN1Cc1cccc(C(F)(F)F)c1. The fourth-order valence-corrected chi connectivity index (χ4v) is 4.99. The average Bonchev–Trinajstić information content (AvgIpc) is 3.12. The van der Waals surface area contributed by atoms with Crippen molar-refractivity contribution in [2.75, 3.05) is 6.54 Å². The maximum atomic E-state index is 13.2. The predicted molar refractivity (Wildman–Crippen MR) is 123 cm³/mol. The van der Waals surface area contributed by atoms with Gasteiger partial charge >= 0.3 is 12.1 Å². The maximum Gasteiger partial charge on any atom is 0.416 e. The number of alkyl halides is 3. The molecule has 0 fully saturated rings. The zero-order valence-corrected chi connectivity index (χ0v) is 18.3. The molecule has 1 aromatic heterocycles. The summed E-state index contributed by atoms with van der Waals surface area (Å²) in [6, 6.07) is 21.9. The Morgan fingerprint density at radius 2 is 1.62 bits per heavy atom. The van der Waals surface area contributed by atoms with Crippen LogP contribution in [0.1, 0.15) is 34.0 Å². The Morgan fingerprint density at radius 3 is 2.35 bits per heavy atom. The standard InChI is InChI=1S/C27H23F3N2O2/c28-27(29,30)20-10-6-9-19(15-20)16-31-14-13-22-21-11-4-5-12-23(21)32(24(22)25(31)26(33)34)17-18-7-2-1-3-8-18/h1-12,15,25H,13-14,16-17H2,(H,33,34). The van der Waals surface area contributed by atoms with E-state index in [1.54, 1.807) is 11.0 Å². The quantitative estimate of drug-likeness (QED) is 0.401. The van der Waals surface area contributed by atoms with Crippen LogP contribution in [0.3, 0.4) is 0 Å². The van der Waals surface area contributed by atoms with Gasteiger partial charge in [0, 0.05) is 30.5 Å². The van der Waals surface area contributed by atoms with Crippen molar-refractivity contribution >= 4 is 16.9 Å². The number of fused-ring (bicyclic) bond motifs is 3. The highest BCUT2D eigenvalue weighted by molar-refractivity contribution is 5.89. The fourth-order valence-electron chi connectivity index (χ4n) is 4.99. The summed E-state index contributed by atoms with van der Waals surface area (Å²) in [7, 11) is 0. The van der Waals surface area contributed by atoms with Crippen LogP contribution in [0.4, 0.5) is 13.2 Å². The van der Waals surface area contributed by atoms with Gasteiger partial charge in [-0.25, -0.2) is 0 Å². The van der Waals surface area contributed by atoms with Crippen LogP contribution < -0.4 is 0 Å². The summed E-state index contributed by atoms with van der Waals surface area (Å²) in [6.45, 7) is 1.07. The fraction of sp³-hybridized carbons (Fsp3) is 0.222. The van der Waals surface area contributed by atoms with Crippen molar-refractivity contribution in [3.63, 3.8) is 0 Å². The number of carboxylic acid groups (broad SMARTS) is 1. The molecule has 1 N–H and O–H groups in total. The van der Waals surface area contributed by atoms with E-state index < -0.39 is 23.8 Å². The molecule has 4 nitrogen and oxygen atoms in total. The highest BCUT2D eigenvalue weighted by atomic mass is 19.4. The van der Waals surface area contributed by atoms with Crippen molar-refractivity contribution < 1.29 is 23.1 Å². The second-order valence-corrected chi connectivity index (χ2v) is 8.61. The highest BCUT2D eigenvalue weighted by Crippen LogP contribution is 2.39. The molecule has 0 amide bonds. The lowest BCUT2D eigenvalue weighted by Crippen LogP contribution is -2.40. The topological polar surface area (TPSA) is 45.5 Å². The van der Waals surface area contributed by atoms with Gasteiger partial charge in [0.25, 0.3) is 0 Å². The highest BCUT2D eigenvalue weighted by Gasteiger charge is 2.38. The van der Waals surface area contributed by atoms with E-state index in [0.717, 1.165) is 34.2 Å². The first-order valence-electron chi connectivity index (χ1n) is 11.1. The van der Waals surface area contributed by atoms with E-state index in [1.165, 1.54) is 6.07 Å². The van der Waals surface area contributed by atoms with Crippen LogP contribution in [0.15, 0.2) is 78.9 Å². The van der Waals surface area contributed by atoms with Crippen molar-refractivity contribution in [1.29, 1.82) is 0 Å². The third-order valence-corrected chi connectivity index (χ3v) is 6.45. The van der Waals surface area contributed by atoms with Crippen molar-refractivity contribution in [3.8, 4) is 0 Å². The van der Waals surface area contributed by atoms with Crippen molar-refractivity contribution in [3.05, 3.63) is 107 Å². The summed E-state index contributed by atoms with van der Waals surface area (Å²) in [4.78, 5) is 14.4. The smallest absolute Gasteiger partial charge is 0.416 e. The van der Waals surface area contributed by atoms with Gasteiger partial charge in [-0.1, -0.05) is 66.7 Å². The molecule has 0 aliphatic carbocycles. The van der Waals surface area contributed by atoms with E-state index in [1.807, 2.05) is 54.6 Å². The van der Waals surface area contributed by atoms with Gasteiger partial charge in [0.2, 0.25) is 0 Å². The number of hydrogen-bond donors (Lipinski definition) is 1. The van der Waals surface area contributed by atoms with Gasteiger partial charge in [0.1, 0.15) is 6.04 Å². The molecule has 4 aromatic rings. The Kier molecular flexibility index (Phi) is 5.65. The van der Waals surface area contributed by atoms with Crippen molar-refractivity contribution in [1.82, 2.24) is 9.47 Å². The van der Waals surface area contributed by atoms with Crippen LogP contribution in [0.2, 0.25) is 0 Å². The van der Waals surface area contributed by atoms with Crippen LogP contribution in [-0.4, -0.2) is 27.1 Å². The van der Waals surface area contributed by atoms with Crippen LogP contribution >= 0.6 is 0 Å². The van der Waals surface area contributed by atoms with E-state index in [-0.39, 0.29) is 6.54 Å². The molecule has 1 unspecified atom stereocenters. The number of benzene rings is 3. The first-order valence-corrected chi connectivity index (χ1v) is 11.1. The number of aromatic nitrogens is 1. The van der Waals surface area contributed by atoms with E-state index in [2.05, 4.69) is 4.57 Å². The molecule has 0 saturated carbocycles. The number of hydrogen-bond acceptors (Lipinski definition) is 2. The number of nitrogens with zero attached hydrogens (tertiary/aromatic N) is 2. The third kappa shape index (κ3) is 4.07.